The number of hydrogen-bond donors (Lipinski definition) is 1. The van der Waals surface area contributed by atoms with Gasteiger partial charge in [-0.3, -0.25) is 0 Å². The van der Waals surface area contributed by atoms with E-state index < -0.39 is 0 Å². The molecule has 0 radical (unpaired) electrons. The molecule has 0 saturated heterocycles. The molecule has 1 N–H and O–H groups in total. The molecule has 0 aliphatic rings. The molecular formula is C13H20BrN5. The summed E-state index contributed by atoms with van der Waals surface area (Å²) in [4.78, 5) is 6.83. The Morgan fingerprint density at radius 1 is 1.37 bits per heavy atom. The van der Waals surface area contributed by atoms with Crippen LogP contribution < -0.4 is 5.32 Å². The molecule has 2 heterocycles. The topological polar surface area (TPSA) is 45.5 Å². The van der Waals surface area contributed by atoms with Crippen molar-refractivity contribution in [3.8, 4) is 0 Å². The van der Waals surface area contributed by atoms with Crippen LogP contribution in [0.25, 0.3) is 5.65 Å². The van der Waals surface area contributed by atoms with E-state index in [0.29, 0.717) is 12.0 Å². The van der Waals surface area contributed by atoms with Gasteiger partial charge in [0.15, 0.2) is 5.65 Å². The van der Waals surface area contributed by atoms with Crippen molar-refractivity contribution in [1.29, 1.82) is 0 Å². The molecular weight excluding hydrogens is 306 g/mol. The average Bonchev–Trinajstić information content (AvgIpc) is 2.77. The van der Waals surface area contributed by atoms with E-state index in [9.17, 15) is 0 Å². The molecule has 1 unspecified atom stereocenters. The summed E-state index contributed by atoms with van der Waals surface area (Å²) >= 11 is 3.43. The third-order valence-corrected chi connectivity index (χ3v) is 3.57. The predicted molar refractivity (Wildman–Crippen MR) is 81.6 cm³/mol. The lowest BCUT2D eigenvalue weighted by atomic mass is 10.3. The summed E-state index contributed by atoms with van der Waals surface area (Å²) in [5, 5.41) is 7.77. The van der Waals surface area contributed by atoms with Crippen molar-refractivity contribution in [3.63, 3.8) is 0 Å². The van der Waals surface area contributed by atoms with Crippen LogP contribution in [0.4, 0.5) is 5.95 Å². The highest BCUT2D eigenvalue weighted by Gasteiger charge is 2.10. The molecule has 0 aliphatic carbocycles. The quantitative estimate of drug-likeness (QED) is 0.886. The second kappa shape index (κ2) is 6.34. The molecule has 19 heavy (non-hydrogen) atoms. The molecule has 0 saturated carbocycles. The first-order chi connectivity index (χ1) is 9.12. The first-order valence-electron chi connectivity index (χ1n) is 6.63. The van der Waals surface area contributed by atoms with Crippen LogP contribution in [0.2, 0.25) is 0 Å². The van der Waals surface area contributed by atoms with Gasteiger partial charge in [-0.05, 0) is 48.1 Å². The number of anilines is 1. The van der Waals surface area contributed by atoms with Crippen LogP contribution in [0.1, 0.15) is 20.8 Å². The predicted octanol–water partition coefficient (Wildman–Crippen LogP) is 2.63. The van der Waals surface area contributed by atoms with Gasteiger partial charge >= 0.3 is 0 Å². The molecule has 5 nitrogen and oxygen atoms in total. The molecule has 104 valence electrons. The zero-order chi connectivity index (χ0) is 13.8. The standard InChI is InChI=1S/C13H20BrN5/c1-4-18(5-2)8-10(3)15-13-16-12-7-6-11(14)9-19(12)17-13/h6-7,9-10H,4-5,8H2,1-3H3,(H,15,17). The lowest BCUT2D eigenvalue weighted by molar-refractivity contribution is 0.294. The maximum atomic E-state index is 4.45. The van der Waals surface area contributed by atoms with E-state index >= 15 is 0 Å². The normalized spacial score (nSPS) is 13.1. The highest BCUT2D eigenvalue weighted by molar-refractivity contribution is 9.10. The minimum absolute atomic E-state index is 0.320. The molecule has 2 aromatic rings. The van der Waals surface area contributed by atoms with Crippen LogP contribution in [-0.2, 0) is 0 Å². The molecule has 0 bridgehead atoms. The van der Waals surface area contributed by atoms with Gasteiger partial charge in [0.2, 0.25) is 5.95 Å². The van der Waals surface area contributed by atoms with E-state index in [4.69, 9.17) is 0 Å². The summed E-state index contributed by atoms with van der Waals surface area (Å²) in [5.41, 5.74) is 0.848. The van der Waals surface area contributed by atoms with Crippen molar-refractivity contribution in [2.24, 2.45) is 0 Å². The fourth-order valence-corrected chi connectivity index (χ4v) is 2.38. The van der Waals surface area contributed by atoms with Crippen LogP contribution in [0.3, 0.4) is 0 Å². The second-order valence-corrected chi connectivity index (χ2v) is 5.53. The molecule has 0 spiro atoms. The Morgan fingerprint density at radius 2 is 2.11 bits per heavy atom. The first-order valence-corrected chi connectivity index (χ1v) is 7.42. The number of aromatic nitrogens is 3. The SMILES string of the molecule is CCN(CC)CC(C)Nc1nc2ccc(Br)cn2n1. The number of rotatable bonds is 6. The van der Waals surface area contributed by atoms with Crippen LogP contribution in [0.15, 0.2) is 22.8 Å². The number of halogens is 1. The minimum atomic E-state index is 0.320. The largest absolute Gasteiger partial charge is 0.349 e. The van der Waals surface area contributed by atoms with E-state index in [1.165, 1.54) is 0 Å². The van der Waals surface area contributed by atoms with Crippen molar-refractivity contribution >= 4 is 27.5 Å². The summed E-state index contributed by atoms with van der Waals surface area (Å²) in [6, 6.07) is 4.23. The Labute approximate surface area is 122 Å². The van der Waals surface area contributed by atoms with Crippen molar-refractivity contribution in [2.45, 2.75) is 26.8 Å². The highest BCUT2D eigenvalue weighted by atomic mass is 79.9. The number of hydrogen-bond acceptors (Lipinski definition) is 4. The minimum Gasteiger partial charge on any atom is -0.349 e. The van der Waals surface area contributed by atoms with Crippen LogP contribution in [-0.4, -0.2) is 45.2 Å². The highest BCUT2D eigenvalue weighted by Crippen LogP contribution is 2.12. The second-order valence-electron chi connectivity index (χ2n) is 4.62. The molecule has 1 atom stereocenters. The molecule has 0 amide bonds. The number of nitrogens with zero attached hydrogens (tertiary/aromatic N) is 4. The molecule has 2 rings (SSSR count). The molecule has 0 fully saturated rings. The zero-order valence-corrected chi connectivity index (χ0v) is 13.2. The van der Waals surface area contributed by atoms with Crippen molar-refractivity contribution in [1.82, 2.24) is 19.5 Å². The van der Waals surface area contributed by atoms with Crippen molar-refractivity contribution in [2.75, 3.05) is 25.0 Å². The Balaban J connectivity index is 2.04. The van der Waals surface area contributed by atoms with Crippen LogP contribution in [0.5, 0.6) is 0 Å². The van der Waals surface area contributed by atoms with Gasteiger partial charge in [-0.15, -0.1) is 5.10 Å². The van der Waals surface area contributed by atoms with E-state index in [-0.39, 0.29) is 0 Å². The fourth-order valence-electron chi connectivity index (χ4n) is 2.05. The first kappa shape index (κ1) is 14.3. The summed E-state index contributed by atoms with van der Waals surface area (Å²) in [7, 11) is 0. The van der Waals surface area contributed by atoms with Gasteiger partial charge < -0.3 is 10.2 Å². The van der Waals surface area contributed by atoms with Gasteiger partial charge in [0.1, 0.15) is 0 Å². The Kier molecular flexibility index (Phi) is 4.76. The van der Waals surface area contributed by atoms with E-state index in [1.807, 2.05) is 18.3 Å². The maximum absolute atomic E-state index is 4.45. The Hall–Kier alpha value is -1.14. The summed E-state index contributed by atoms with van der Waals surface area (Å²) in [6.45, 7) is 9.63. The average molecular weight is 326 g/mol. The van der Waals surface area contributed by atoms with Crippen LogP contribution in [0, 0.1) is 0 Å². The van der Waals surface area contributed by atoms with Gasteiger partial charge in [0.25, 0.3) is 0 Å². The monoisotopic (exact) mass is 325 g/mol. The van der Waals surface area contributed by atoms with Crippen molar-refractivity contribution < 1.29 is 0 Å². The molecule has 2 aromatic heterocycles. The number of nitrogens with one attached hydrogen (secondary N) is 1. The van der Waals surface area contributed by atoms with E-state index in [0.717, 1.165) is 29.8 Å². The van der Waals surface area contributed by atoms with Gasteiger partial charge in [-0.1, -0.05) is 13.8 Å². The summed E-state index contributed by atoms with van der Waals surface area (Å²) in [5.74, 6) is 0.678. The van der Waals surface area contributed by atoms with Gasteiger partial charge in [0, 0.05) is 23.3 Å². The maximum Gasteiger partial charge on any atom is 0.243 e. The fraction of sp³-hybridized carbons (Fsp3) is 0.538. The van der Waals surface area contributed by atoms with E-state index in [1.54, 1.807) is 4.52 Å². The van der Waals surface area contributed by atoms with E-state index in [2.05, 4.69) is 57.0 Å². The number of pyridine rings is 1. The third-order valence-electron chi connectivity index (χ3n) is 3.10. The lowest BCUT2D eigenvalue weighted by Gasteiger charge is -2.22. The molecule has 6 heteroatoms. The summed E-state index contributed by atoms with van der Waals surface area (Å²) in [6.07, 6.45) is 1.91. The Bertz CT molecular complexity index is 535. The van der Waals surface area contributed by atoms with Crippen molar-refractivity contribution in [3.05, 3.63) is 22.8 Å². The molecule has 0 aliphatic heterocycles. The zero-order valence-electron chi connectivity index (χ0n) is 11.6. The molecule has 0 aromatic carbocycles. The summed E-state index contributed by atoms with van der Waals surface area (Å²) < 4.78 is 2.77. The smallest absolute Gasteiger partial charge is 0.243 e. The van der Waals surface area contributed by atoms with Crippen LogP contribution >= 0.6 is 15.9 Å². The third kappa shape index (κ3) is 3.67. The number of fused-ring (bicyclic) bond motifs is 1. The number of likely N-dealkylation sites (N-methyl/N-ethyl adjacent to an activating group) is 1. The van der Waals surface area contributed by atoms with Gasteiger partial charge in [-0.2, -0.15) is 4.98 Å². The Morgan fingerprint density at radius 3 is 2.79 bits per heavy atom. The van der Waals surface area contributed by atoms with Gasteiger partial charge in [-0.25, -0.2) is 4.52 Å². The van der Waals surface area contributed by atoms with Gasteiger partial charge in [0.05, 0.1) is 0 Å². The lowest BCUT2D eigenvalue weighted by Crippen LogP contribution is -2.35.